The van der Waals surface area contributed by atoms with Crippen LogP contribution in [0.2, 0.25) is 0 Å². The summed E-state index contributed by atoms with van der Waals surface area (Å²) in [6.45, 7) is 9.01. The van der Waals surface area contributed by atoms with Crippen LogP contribution in [-0.2, 0) is 16.6 Å². The van der Waals surface area contributed by atoms with E-state index in [0.29, 0.717) is 11.5 Å². The summed E-state index contributed by atoms with van der Waals surface area (Å²) in [6.07, 6.45) is 6.23. The van der Waals surface area contributed by atoms with Crippen molar-refractivity contribution in [1.82, 2.24) is 0 Å². The Hall–Kier alpha value is -0.630. The second-order valence-corrected chi connectivity index (χ2v) is 7.88. The molecule has 2 rings (SSSR count). The topological polar surface area (TPSA) is 20.2 Å². The number of aromatic hydroxyl groups is 1. The van der Waals surface area contributed by atoms with Gasteiger partial charge in [0.1, 0.15) is 5.75 Å². The van der Waals surface area contributed by atoms with Crippen molar-refractivity contribution in [3.8, 4) is 5.75 Å². The number of thiol groups is 1. The molecule has 0 amide bonds. The zero-order valence-electron chi connectivity index (χ0n) is 13.3. The van der Waals surface area contributed by atoms with Gasteiger partial charge in [-0.15, -0.1) is 0 Å². The third-order valence-corrected chi connectivity index (χ3v) is 5.17. The quantitative estimate of drug-likeness (QED) is 0.705. The van der Waals surface area contributed by atoms with Crippen molar-refractivity contribution < 1.29 is 5.11 Å². The van der Waals surface area contributed by atoms with Crippen LogP contribution in [0.25, 0.3) is 0 Å². The van der Waals surface area contributed by atoms with Crippen molar-refractivity contribution in [3.05, 3.63) is 28.8 Å². The third kappa shape index (κ3) is 3.00. The number of benzene rings is 1. The van der Waals surface area contributed by atoms with Gasteiger partial charge in [-0.05, 0) is 29.2 Å². The van der Waals surface area contributed by atoms with Gasteiger partial charge >= 0.3 is 0 Å². The van der Waals surface area contributed by atoms with Crippen molar-refractivity contribution in [2.75, 3.05) is 0 Å². The van der Waals surface area contributed by atoms with E-state index in [1.54, 1.807) is 0 Å². The predicted molar refractivity (Wildman–Crippen MR) is 89.9 cm³/mol. The fraction of sp³-hybridized carbons (Fsp3) is 0.667. The molecule has 1 N–H and O–H groups in total. The van der Waals surface area contributed by atoms with Gasteiger partial charge in [-0.1, -0.05) is 59.1 Å². The minimum Gasteiger partial charge on any atom is -0.507 e. The van der Waals surface area contributed by atoms with E-state index in [2.05, 4.69) is 52.5 Å². The van der Waals surface area contributed by atoms with Crippen molar-refractivity contribution in [2.24, 2.45) is 0 Å². The van der Waals surface area contributed by atoms with Gasteiger partial charge in [0.25, 0.3) is 0 Å². The summed E-state index contributed by atoms with van der Waals surface area (Å²) in [5, 5.41) is 10.6. The molecule has 0 spiro atoms. The zero-order valence-corrected chi connectivity index (χ0v) is 14.2. The molecule has 1 aromatic carbocycles. The molecular weight excluding hydrogens is 264 g/mol. The third-order valence-electron chi connectivity index (χ3n) is 4.83. The van der Waals surface area contributed by atoms with E-state index >= 15 is 0 Å². The molecule has 0 aliphatic heterocycles. The second kappa shape index (κ2) is 5.63. The molecule has 1 aliphatic rings. The molecule has 1 saturated carbocycles. The van der Waals surface area contributed by atoms with Crippen molar-refractivity contribution in [3.63, 3.8) is 0 Å². The molecule has 0 heterocycles. The molecule has 2 heteroatoms. The maximum atomic E-state index is 10.6. The summed E-state index contributed by atoms with van der Waals surface area (Å²) in [5.41, 5.74) is 3.66. The van der Waals surface area contributed by atoms with E-state index in [0.717, 1.165) is 11.1 Å². The fourth-order valence-electron chi connectivity index (χ4n) is 3.31. The largest absolute Gasteiger partial charge is 0.507 e. The van der Waals surface area contributed by atoms with Crippen LogP contribution in [0.5, 0.6) is 5.75 Å². The average molecular weight is 292 g/mol. The Morgan fingerprint density at radius 1 is 1.15 bits per heavy atom. The van der Waals surface area contributed by atoms with Gasteiger partial charge in [0.2, 0.25) is 0 Å². The van der Waals surface area contributed by atoms with Crippen molar-refractivity contribution in [1.29, 1.82) is 0 Å². The van der Waals surface area contributed by atoms with Gasteiger partial charge in [0.05, 0.1) is 0 Å². The molecule has 0 atom stereocenters. The Bertz CT molecular complexity index is 479. The molecule has 1 nitrogen and oxygen atoms in total. The summed E-state index contributed by atoms with van der Waals surface area (Å²) in [4.78, 5) is 0. The smallest absolute Gasteiger partial charge is 0.123 e. The molecule has 0 radical (unpaired) electrons. The van der Waals surface area contributed by atoms with E-state index in [-0.39, 0.29) is 10.8 Å². The maximum Gasteiger partial charge on any atom is 0.123 e. The van der Waals surface area contributed by atoms with Crippen LogP contribution in [0, 0.1) is 0 Å². The molecular formula is C18H28OS. The Morgan fingerprint density at radius 3 is 2.25 bits per heavy atom. The van der Waals surface area contributed by atoms with Crippen LogP contribution in [0.4, 0.5) is 0 Å². The molecule has 112 valence electrons. The first-order chi connectivity index (χ1) is 9.28. The highest BCUT2D eigenvalue weighted by Crippen LogP contribution is 2.45. The van der Waals surface area contributed by atoms with Crippen LogP contribution >= 0.6 is 12.6 Å². The lowest BCUT2D eigenvalue weighted by atomic mass is 9.69. The van der Waals surface area contributed by atoms with Gasteiger partial charge in [-0.25, -0.2) is 0 Å². The van der Waals surface area contributed by atoms with E-state index in [9.17, 15) is 5.11 Å². The van der Waals surface area contributed by atoms with Crippen LogP contribution < -0.4 is 0 Å². The van der Waals surface area contributed by atoms with Crippen LogP contribution in [0.1, 0.15) is 76.5 Å². The summed E-state index contributed by atoms with van der Waals surface area (Å²) in [5.74, 6) is 1.08. The molecule has 0 bridgehead atoms. The zero-order chi connectivity index (χ0) is 15.0. The highest BCUT2D eigenvalue weighted by atomic mass is 32.1. The number of phenols is 1. The summed E-state index contributed by atoms with van der Waals surface area (Å²) >= 11 is 4.40. The van der Waals surface area contributed by atoms with E-state index in [1.807, 2.05) is 0 Å². The average Bonchev–Trinajstić information content (AvgIpc) is 2.38. The van der Waals surface area contributed by atoms with Crippen molar-refractivity contribution in [2.45, 2.75) is 76.4 Å². The molecule has 1 aliphatic carbocycles. The number of rotatable bonds is 2. The first-order valence-corrected chi connectivity index (χ1v) is 8.39. The lowest BCUT2D eigenvalue weighted by Crippen LogP contribution is -2.26. The van der Waals surface area contributed by atoms with E-state index in [1.165, 1.54) is 37.7 Å². The minimum atomic E-state index is 0.102. The monoisotopic (exact) mass is 292 g/mol. The Kier molecular flexibility index (Phi) is 4.44. The number of phenolic OH excluding ortho intramolecular Hbond substituents is 1. The summed E-state index contributed by atoms with van der Waals surface area (Å²) in [7, 11) is 0. The molecule has 1 fully saturated rings. The first-order valence-electron chi connectivity index (χ1n) is 7.76. The van der Waals surface area contributed by atoms with E-state index in [4.69, 9.17) is 0 Å². The maximum absolute atomic E-state index is 10.6. The fourth-order valence-corrected chi connectivity index (χ4v) is 3.55. The molecule has 20 heavy (non-hydrogen) atoms. The van der Waals surface area contributed by atoms with Gasteiger partial charge in [0, 0.05) is 16.9 Å². The lowest BCUT2D eigenvalue weighted by molar-refractivity contribution is 0.307. The van der Waals surface area contributed by atoms with E-state index < -0.39 is 0 Å². The molecule has 0 unspecified atom stereocenters. The number of hydrogen-bond acceptors (Lipinski definition) is 2. The highest BCUT2D eigenvalue weighted by Gasteiger charge is 2.33. The highest BCUT2D eigenvalue weighted by molar-refractivity contribution is 7.79. The molecule has 0 saturated heterocycles. The Labute approximate surface area is 129 Å². The van der Waals surface area contributed by atoms with Gasteiger partial charge in [0.15, 0.2) is 0 Å². The van der Waals surface area contributed by atoms with Crippen LogP contribution in [0.3, 0.4) is 0 Å². The molecule has 0 aromatic heterocycles. The summed E-state index contributed by atoms with van der Waals surface area (Å²) < 4.78 is 0. The van der Waals surface area contributed by atoms with Gasteiger partial charge < -0.3 is 5.11 Å². The standard InChI is InChI=1S/C18H28OS/c1-17(2,3)14-10-13(12-20)16(19)15(11-14)18(4)8-6-5-7-9-18/h10-11,19-20H,5-9,12H2,1-4H3. The Morgan fingerprint density at radius 2 is 1.75 bits per heavy atom. The van der Waals surface area contributed by atoms with Gasteiger partial charge in [-0.2, -0.15) is 12.6 Å². The Balaban J connectivity index is 2.56. The summed E-state index contributed by atoms with van der Waals surface area (Å²) in [6, 6.07) is 4.37. The lowest BCUT2D eigenvalue weighted by Gasteiger charge is -2.36. The number of hydrogen-bond donors (Lipinski definition) is 2. The first kappa shape index (κ1) is 15.8. The van der Waals surface area contributed by atoms with Gasteiger partial charge in [-0.3, -0.25) is 0 Å². The second-order valence-electron chi connectivity index (χ2n) is 7.56. The normalized spacial score (nSPS) is 19.1. The molecule has 1 aromatic rings. The van der Waals surface area contributed by atoms with Crippen LogP contribution in [0.15, 0.2) is 12.1 Å². The SMILES string of the molecule is CC(C)(C)c1cc(CS)c(O)c(C2(C)CCCCC2)c1. The van der Waals surface area contributed by atoms with Crippen LogP contribution in [-0.4, -0.2) is 5.11 Å². The van der Waals surface area contributed by atoms with Crippen molar-refractivity contribution >= 4 is 12.6 Å². The minimum absolute atomic E-state index is 0.102. The predicted octanol–water partition coefficient (Wildman–Crippen LogP) is 5.34.